The Morgan fingerprint density at radius 1 is 0.714 bits per heavy atom. The van der Waals surface area contributed by atoms with Crippen LogP contribution >= 0.6 is 0 Å². The minimum Gasteiger partial charge on any atom is -0.360 e. The van der Waals surface area contributed by atoms with Crippen molar-refractivity contribution in [3.63, 3.8) is 0 Å². The molecule has 2 nitrogen and oxygen atoms in total. The molecule has 0 bridgehead atoms. The van der Waals surface area contributed by atoms with E-state index in [1.54, 1.807) is 0 Å². The van der Waals surface area contributed by atoms with Crippen LogP contribution in [0.4, 0.5) is 5.69 Å². The molecule has 206 valence electrons. The molecule has 1 heterocycles. The number of hydrogen-bond donors (Lipinski definition) is 0. The number of anilines is 1. The van der Waals surface area contributed by atoms with E-state index in [9.17, 15) is 0 Å². The van der Waals surface area contributed by atoms with Gasteiger partial charge in [-0.2, -0.15) is 0 Å². The van der Waals surface area contributed by atoms with Gasteiger partial charge in [0.2, 0.25) is 0 Å². The number of fused-ring (bicyclic) bond motifs is 3. The van der Waals surface area contributed by atoms with E-state index >= 15 is 4.79 Å². The molecule has 0 saturated heterocycles. The molecule has 0 amide bonds. The molecule has 0 N–H and O–H groups in total. The molecule has 1 spiro atoms. The van der Waals surface area contributed by atoms with Gasteiger partial charge in [0.15, 0.2) is 5.78 Å². The Morgan fingerprint density at radius 2 is 1.31 bits per heavy atom. The third-order valence-corrected chi connectivity index (χ3v) is 9.56. The molecule has 2 aliphatic rings. The topological polar surface area (TPSA) is 20.3 Å². The number of nitrogens with zero attached hydrogens (tertiary/aromatic N) is 1. The van der Waals surface area contributed by atoms with Gasteiger partial charge in [0.05, 0.1) is 11.5 Å². The highest BCUT2D eigenvalue weighted by atomic mass is 16.1. The van der Waals surface area contributed by atoms with E-state index in [0.717, 1.165) is 34.4 Å². The zero-order valence-electron chi connectivity index (χ0n) is 24.4. The van der Waals surface area contributed by atoms with Crippen LogP contribution in [0.2, 0.25) is 0 Å². The Hall–Kier alpha value is -4.69. The molecule has 5 aromatic carbocycles. The van der Waals surface area contributed by atoms with Gasteiger partial charge in [-0.1, -0.05) is 135 Å². The van der Waals surface area contributed by atoms with Crippen LogP contribution in [-0.2, 0) is 5.41 Å². The third kappa shape index (κ3) is 3.75. The largest absolute Gasteiger partial charge is 0.360 e. The fraction of sp³-hybridized carbons (Fsp3) is 0.175. The van der Waals surface area contributed by atoms with Gasteiger partial charge < -0.3 is 4.90 Å². The molecule has 1 aliphatic carbocycles. The van der Waals surface area contributed by atoms with Crippen molar-refractivity contribution in [1.82, 2.24) is 0 Å². The van der Waals surface area contributed by atoms with Gasteiger partial charge in [0.25, 0.3) is 0 Å². The molecule has 0 saturated carbocycles. The Labute approximate surface area is 248 Å². The highest BCUT2D eigenvalue weighted by molar-refractivity contribution is 6.11. The molecule has 5 aromatic rings. The molecule has 2 heteroatoms. The lowest BCUT2D eigenvalue weighted by Crippen LogP contribution is -2.62. The van der Waals surface area contributed by atoms with E-state index in [1.807, 2.05) is 36.4 Å². The number of rotatable bonds is 5. The number of carbonyl (C=O) groups excluding carboxylic acids is 1. The maximum absolute atomic E-state index is 15.1. The molecule has 1 aliphatic heterocycles. The molecule has 0 aromatic heterocycles. The smallest absolute Gasteiger partial charge is 0.173 e. The maximum atomic E-state index is 15.1. The van der Waals surface area contributed by atoms with E-state index < -0.39 is 16.9 Å². The van der Waals surface area contributed by atoms with Gasteiger partial charge in [-0.3, -0.25) is 4.79 Å². The number of hydrogen-bond acceptors (Lipinski definition) is 2. The zero-order chi connectivity index (χ0) is 28.9. The van der Waals surface area contributed by atoms with Crippen LogP contribution in [0.1, 0.15) is 47.8 Å². The molecular formula is C40H35NO. The van der Waals surface area contributed by atoms with Gasteiger partial charge in [-0.25, -0.2) is 0 Å². The standard InChI is InChI=1S/C40H35NO/c1-4-41-35-25-24-30-20-14-15-23-33(30)36(35)39(2,3)40(41)27-32(28-16-8-5-9-17-28)26-34(29-18-10-6-11-19-29)37(40)38(42)31-21-12-7-13-22-31/h5-27,37H,4H2,1-3H3/t37-,40-/m1/s1. The van der Waals surface area contributed by atoms with Crippen LogP contribution in [-0.4, -0.2) is 17.9 Å². The van der Waals surface area contributed by atoms with Crippen molar-refractivity contribution in [2.45, 2.75) is 31.7 Å². The summed E-state index contributed by atoms with van der Waals surface area (Å²) in [7, 11) is 0. The fourth-order valence-corrected chi connectivity index (χ4v) is 7.72. The number of allylic oxidation sites excluding steroid dienone is 2. The predicted molar refractivity (Wildman–Crippen MR) is 176 cm³/mol. The highest BCUT2D eigenvalue weighted by Gasteiger charge is 2.63. The van der Waals surface area contributed by atoms with E-state index in [-0.39, 0.29) is 5.78 Å². The van der Waals surface area contributed by atoms with E-state index in [0.29, 0.717) is 0 Å². The van der Waals surface area contributed by atoms with Crippen molar-refractivity contribution >= 4 is 33.4 Å². The minimum atomic E-state index is -0.660. The molecule has 7 rings (SSSR count). The normalized spacial score (nSPS) is 20.7. The first kappa shape index (κ1) is 26.2. The summed E-state index contributed by atoms with van der Waals surface area (Å²) in [5.74, 6) is -0.284. The number of likely N-dealkylation sites (N-methyl/N-ethyl adjacent to an activating group) is 1. The lowest BCUT2D eigenvalue weighted by Gasteiger charge is -2.53. The predicted octanol–water partition coefficient (Wildman–Crippen LogP) is 9.38. The molecule has 2 atom stereocenters. The summed E-state index contributed by atoms with van der Waals surface area (Å²) in [5.41, 5.74) is 6.65. The van der Waals surface area contributed by atoms with E-state index in [4.69, 9.17) is 0 Å². The first-order valence-corrected chi connectivity index (χ1v) is 14.9. The second-order valence-electron chi connectivity index (χ2n) is 12.0. The van der Waals surface area contributed by atoms with Crippen molar-refractivity contribution in [3.8, 4) is 0 Å². The van der Waals surface area contributed by atoms with Crippen LogP contribution in [0.15, 0.2) is 140 Å². The average Bonchev–Trinajstić information content (AvgIpc) is 3.23. The summed E-state index contributed by atoms with van der Waals surface area (Å²) < 4.78 is 0. The Bertz CT molecular complexity index is 1850. The Balaban J connectivity index is 1.60. The quantitative estimate of drug-likeness (QED) is 0.205. The number of benzene rings is 5. The number of carbonyl (C=O) groups is 1. The summed E-state index contributed by atoms with van der Waals surface area (Å²) in [5, 5.41) is 2.48. The lowest BCUT2D eigenvalue weighted by molar-refractivity contribution is 0.0883. The van der Waals surface area contributed by atoms with E-state index in [2.05, 4.69) is 129 Å². The van der Waals surface area contributed by atoms with Gasteiger partial charge in [-0.05, 0) is 63.8 Å². The SMILES string of the molecule is CCN1c2ccc3ccccc3c2C(C)(C)[C@]12C=C(c1ccccc1)C=C(c1ccccc1)[C@@H]2C(=O)c1ccccc1. The van der Waals surface area contributed by atoms with Gasteiger partial charge >= 0.3 is 0 Å². The second kappa shape index (κ2) is 9.99. The Morgan fingerprint density at radius 3 is 1.98 bits per heavy atom. The summed E-state index contributed by atoms with van der Waals surface area (Å²) in [6.07, 6.45) is 4.70. The van der Waals surface area contributed by atoms with Crippen molar-refractivity contribution in [2.75, 3.05) is 11.4 Å². The van der Waals surface area contributed by atoms with Crippen LogP contribution in [0.3, 0.4) is 0 Å². The van der Waals surface area contributed by atoms with Crippen molar-refractivity contribution in [2.24, 2.45) is 5.92 Å². The van der Waals surface area contributed by atoms with Crippen LogP contribution in [0.5, 0.6) is 0 Å². The number of ketones is 1. The summed E-state index contributed by atoms with van der Waals surface area (Å²) in [6, 6.07) is 44.2. The number of Topliss-reactive ketones (excluding diaryl/α,β-unsaturated/α-hetero) is 1. The molecular weight excluding hydrogens is 510 g/mol. The molecule has 0 radical (unpaired) electrons. The van der Waals surface area contributed by atoms with Crippen molar-refractivity contribution in [1.29, 1.82) is 0 Å². The Kier molecular flexibility index (Phi) is 6.24. The zero-order valence-corrected chi connectivity index (χ0v) is 24.4. The first-order valence-electron chi connectivity index (χ1n) is 14.9. The average molecular weight is 546 g/mol. The first-order chi connectivity index (χ1) is 20.5. The van der Waals surface area contributed by atoms with Crippen LogP contribution in [0, 0.1) is 5.92 Å². The minimum absolute atomic E-state index is 0.151. The van der Waals surface area contributed by atoms with Gasteiger partial charge in [0, 0.05) is 23.2 Å². The fourth-order valence-electron chi connectivity index (χ4n) is 7.72. The molecule has 0 unspecified atom stereocenters. The second-order valence-corrected chi connectivity index (χ2v) is 12.0. The van der Waals surface area contributed by atoms with Crippen LogP contribution < -0.4 is 4.90 Å². The van der Waals surface area contributed by atoms with Crippen molar-refractivity contribution in [3.05, 3.63) is 162 Å². The molecule has 0 fully saturated rings. The van der Waals surface area contributed by atoms with Crippen LogP contribution in [0.25, 0.3) is 21.9 Å². The van der Waals surface area contributed by atoms with Crippen molar-refractivity contribution < 1.29 is 4.79 Å². The summed E-state index contributed by atoms with van der Waals surface area (Å²) in [6.45, 7) is 7.70. The maximum Gasteiger partial charge on any atom is 0.173 e. The van der Waals surface area contributed by atoms with Gasteiger partial charge in [0.1, 0.15) is 0 Å². The highest BCUT2D eigenvalue weighted by Crippen LogP contribution is 2.62. The summed E-state index contributed by atoms with van der Waals surface area (Å²) >= 11 is 0. The summed E-state index contributed by atoms with van der Waals surface area (Å²) in [4.78, 5) is 17.6. The monoisotopic (exact) mass is 545 g/mol. The molecule has 42 heavy (non-hydrogen) atoms. The van der Waals surface area contributed by atoms with E-state index in [1.165, 1.54) is 22.0 Å². The third-order valence-electron chi connectivity index (χ3n) is 9.56. The lowest BCUT2D eigenvalue weighted by atomic mass is 9.56. The van der Waals surface area contributed by atoms with Gasteiger partial charge in [-0.15, -0.1) is 0 Å².